The monoisotopic (exact) mass is 322 g/mol. The molecular weight excluding hydrogens is 300 g/mol. The summed E-state index contributed by atoms with van der Waals surface area (Å²) >= 11 is 0. The largest absolute Gasteiger partial charge is 0.493 e. The SMILES string of the molecule is COCCNC(=O)/C(=C/c1ccc(OC)c(OC)c1)NC(C)=O. The molecule has 1 aromatic rings. The highest BCUT2D eigenvalue weighted by Crippen LogP contribution is 2.28. The van der Waals surface area contributed by atoms with Gasteiger partial charge in [0, 0.05) is 20.6 Å². The minimum atomic E-state index is -0.396. The zero-order chi connectivity index (χ0) is 17.2. The number of carbonyl (C=O) groups excluding carboxylic acids is 2. The van der Waals surface area contributed by atoms with Crippen molar-refractivity contribution in [1.82, 2.24) is 10.6 Å². The van der Waals surface area contributed by atoms with Crippen molar-refractivity contribution >= 4 is 17.9 Å². The van der Waals surface area contributed by atoms with Gasteiger partial charge < -0.3 is 24.8 Å². The van der Waals surface area contributed by atoms with Crippen LogP contribution < -0.4 is 20.1 Å². The summed E-state index contributed by atoms with van der Waals surface area (Å²) in [6, 6.07) is 5.19. The molecule has 0 unspecified atom stereocenters. The fraction of sp³-hybridized carbons (Fsp3) is 0.375. The van der Waals surface area contributed by atoms with E-state index in [1.807, 2.05) is 0 Å². The lowest BCUT2D eigenvalue weighted by atomic mass is 10.1. The first-order valence-electron chi connectivity index (χ1n) is 7.00. The van der Waals surface area contributed by atoms with Crippen molar-refractivity contribution < 1.29 is 23.8 Å². The highest BCUT2D eigenvalue weighted by Gasteiger charge is 2.11. The molecule has 0 aliphatic rings. The molecule has 2 N–H and O–H groups in total. The molecule has 0 heterocycles. The molecule has 0 aromatic heterocycles. The van der Waals surface area contributed by atoms with Crippen LogP contribution in [0.3, 0.4) is 0 Å². The molecular formula is C16H22N2O5. The van der Waals surface area contributed by atoms with Crippen LogP contribution in [-0.4, -0.2) is 46.3 Å². The molecule has 1 aromatic carbocycles. The standard InChI is InChI=1S/C16H22N2O5/c1-11(19)18-13(16(20)17-7-8-21-2)9-12-5-6-14(22-3)15(10-12)23-4/h5-6,9-10H,7-8H2,1-4H3,(H,17,20)(H,18,19)/b13-9-. The van der Waals surface area contributed by atoms with Gasteiger partial charge in [0.25, 0.3) is 5.91 Å². The van der Waals surface area contributed by atoms with Crippen LogP contribution in [0, 0.1) is 0 Å². The number of amides is 2. The summed E-state index contributed by atoms with van der Waals surface area (Å²) < 4.78 is 15.3. The Morgan fingerprint density at radius 2 is 1.83 bits per heavy atom. The number of carbonyl (C=O) groups is 2. The molecule has 0 saturated heterocycles. The highest BCUT2D eigenvalue weighted by atomic mass is 16.5. The summed E-state index contributed by atoms with van der Waals surface area (Å²) in [6.45, 7) is 2.07. The van der Waals surface area contributed by atoms with Crippen molar-refractivity contribution in [2.75, 3.05) is 34.5 Å². The smallest absolute Gasteiger partial charge is 0.267 e. The van der Waals surface area contributed by atoms with Gasteiger partial charge in [0.05, 0.1) is 20.8 Å². The van der Waals surface area contributed by atoms with Gasteiger partial charge in [-0.2, -0.15) is 0 Å². The summed E-state index contributed by atoms with van der Waals surface area (Å²) in [4.78, 5) is 23.4. The van der Waals surface area contributed by atoms with Crippen LogP contribution in [0.4, 0.5) is 0 Å². The minimum Gasteiger partial charge on any atom is -0.493 e. The molecule has 1 rings (SSSR count). The van der Waals surface area contributed by atoms with E-state index in [0.29, 0.717) is 30.2 Å². The first-order valence-corrected chi connectivity index (χ1v) is 7.00. The van der Waals surface area contributed by atoms with Gasteiger partial charge in [-0.15, -0.1) is 0 Å². The van der Waals surface area contributed by atoms with Gasteiger partial charge in [0.1, 0.15) is 5.70 Å². The molecule has 2 amide bonds. The lowest BCUT2D eigenvalue weighted by Crippen LogP contribution is -2.35. The molecule has 23 heavy (non-hydrogen) atoms. The van der Waals surface area contributed by atoms with Gasteiger partial charge in [0.15, 0.2) is 11.5 Å². The van der Waals surface area contributed by atoms with Crippen molar-refractivity contribution in [3.05, 3.63) is 29.5 Å². The lowest BCUT2D eigenvalue weighted by Gasteiger charge is -2.11. The average molecular weight is 322 g/mol. The molecule has 0 radical (unpaired) electrons. The van der Waals surface area contributed by atoms with E-state index in [0.717, 1.165) is 0 Å². The maximum atomic E-state index is 12.1. The van der Waals surface area contributed by atoms with E-state index >= 15 is 0 Å². The Hall–Kier alpha value is -2.54. The van der Waals surface area contributed by atoms with Crippen LogP contribution in [0.25, 0.3) is 6.08 Å². The van der Waals surface area contributed by atoms with E-state index in [4.69, 9.17) is 14.2 Å². The topological polar surface area (TPSA) is 85.9 Å². The van der Waals surface area contributed by atoms with Crippen molar-refractivity contribution in [3.63, 3.8) is 0 Å². The fourth-order valence-corrected chi connectivity index (χ4v) is 1.82. The normalized spacial score (nSPS) is 10.9. The molecule has 7 heteroatoms. The van der Waals surface area contributed by atoms with Crippen LogP contribution in [0.15, 0.2) is 23.9 Å². The lowest BCUT2D eigenvalue weighted by molar-refractivity contribution is -0.122. The quantitative estimate of drug-likeness (QED) is 0.550. The van der Waals surface area contributed by atoms with Crippen molar-refractivity contribution in [3.8, 4) is 11.5 Å². The van der Waals surface area contributed by atoms with E-state index in [1.54, 1.807) is 38.5 Å². The van der Waals surface area contributed by atoms with Crippen LogP contribution in [0.2, 0.25) is 0 Å². The number of ether oxygens (including phenoxy) is 3. The average Bonchev–Trinajstić information content (AvgIpc) is 2.53. The second-order valence-corrected chi connectivity index (χ2v) is 4.60. The first-order chi connectivity index (χ1) is 11.0. The zero-order valence-corrected chi connectivity index (χ0v) is 13.8. The summed E-state index contributed by atoms with van der Waals surface area (Å²) in [7, 11) is 4.61. The second-order valence-electron chi connectivity index (χ2n) is 4.60. The molecule has 7 nitrogen and oxygen atoms in total. The van der Waals surface area contributed by atoms with Crippen LogP contribution in [0.1, 0.15) is 12.5 Å². The first kappa shape index (κ1) is 18.5. The Kier molecular flexibility index (Phi) is 7.62. The third kappa shape index (κ3) is 5.99. The van der Waals surface area contributed by atoms with Gasteiger partial charge in [-0.3, -0.25) is 9.59 Å². The van der Waals surface area contributed by atoms with Gasteiger partial charge in [0.2, 0.25) is 5.91 Å². The molecule has 0 bridgehead atoms. The van der Waals surface area contributed by atoms with E-state index < -0.39 is 5.91 Å². The number of hydrogen-bond donors (Lipinski definition) is 2. The Morgan fingerprint density at radius 1 is 1.13 bits per heavy atom. The summed E-state index contributed by atoms with van der Waals surface area (Å²) in [5.74, 6) is 0.379. The van der Waals surface area contributed by atoms with E-state index in [-0.39, 0.29) is 11.6 Å². The molecule has 0 atom stereocenters. The summed E-state index contributed by atoms with van der Waals surface area (Å²) in [5.41, 5.74) is 0.828. The third-order valence-corrected chi connectivity index (χ3v) is 2.87. The van der Waals surface area contributed by atoms with E-state index in [9.17, 15) is 9.59 Å². The molecule has 0 spiro atoms. The molecule has 0 aliphatic heterocycles. The van der Waals surface area contributed by atoms with Gasteiger partial charge >= 0.3 is 0 Å². The van der Waals surface area contributed by atoms with Gasteiger partial charge in [-0.25, -0.2) is 0 Å². The number of rotatable bonds is 8. The Balaban J connectivity index is 3.03. The van der Waals surface area contributed by atoms with Crippen LogP contribution in [0.5, 0.6) is 11.5 Å². The van der Waals surface area contributed by atoms with Gasteiger partial charge in [-0.1, -0.05) is 6.07 Å². The van der Waals surface area contributed by atoms with Crippen LogP contribution in [-0.2, 0) is 14.3 Å². The fourth-order valence-electron chi connectivity index (χ4n) is 1.82. The molecule has 0 aliphatic carbocycles. The van der Waals surface area contributed by atoms with Crippen molar-refractivity contribution in [1.29, 1.82) is 0 Å². The third-order valence-electron chi connectivity index (χ3n) is 2.87. The predicted octanol–water partition coefficient (Wildman–Crippen LogP) is 0.943. The molecule has 0 fully saturated rings. The number of benzene rings is 1. The molecule has 0 saturated carbocycles. The van der Waals surface area contributed by atoms with Crippen molar-refractivity contribution in [2.24, 2.45) is 0 Å². The Bertz CT molecular complexity index is 584. The number of hydrogen-bond acceptors (Lipinski definition) is 5. The summed E-state index contributed by atoms with van der Waals surface area (Å²) in [6.07, 6.45) is 1.56. The summed E-state index contributed by atoms with van der Waals surface area (Å²) in [5, 5.41) is 5.18. The minimum absolute atomic E-state index is 0.140. The van der Waals surface area contributed by atoms with Gasteiger partial charge in [-0.05, 0) is 23.8 Å². The Labute approximate surface area is 135 Å². The van der Waals surface area contributed by atoms with Crippen LogP contribution >= 0.6 is 0 Å². The van der Waals surface area contributed by atoms with E-state index in [1.165, 1.54) is 14.0 Å². The molecule has 126 valence electrons. The number of nitrogens with one attached hydrogen (secondary N) is 2. The maximum absolute atomic E-state index is 12.1. The maximum Gasteiger partial charge on any atom is 0.267 e. The van der Waals surface area contributed by atoms with E-state index in [2.05, 4.69) is 10.6 Å². The number of methoxy groups -OCH3 is 3. The predicted molar refractivity (Wildman–Crippen MR) is 86.2 cm³/mol. The highest BCUT2D eigenvalue weighted by molar-refractivity contribution is 6.00. The zero-order valence-electron chi connectivity index (χ0n) is 13.8. The van der Waals surface area contributed by atoms with Crippen molar-refractivity contribution in [2.45, 2.75) is 6.92 Å². The second kappa shape index (κ2) is 9.47. The Morgan fingerprint density at radius 3 is 2.39 bits per heavy atom.